The van der Waals surface area contributed by atoms with E-state index in [2.05, 4.69) is 5.32 Å². The number of nitrogens with one attached hydrogen (secondary N) is 1. The largest absolute Gasteiger partial charge is 0.507 e. The number of benzene rings is 3. The molecule has 0 aliphatic carbocycles. The minimum Gasteiger partial charge on any atom is -0.507 e. The highest BCUT2D eigenvalue weighted by Crippen LogP contribution is 2.52. The molecule has 0 saturated carbocycles. The molecular weight excluding hydrogens is 451 g/mol. The molecule has 5 rings (SSSR count). The van der Waals surface area contributed by atoms with Gasteiger partial charge in [-0.2, -0.15) is 0 Å². The summed E-state index contributed by atoms with van der Waals surface area (Å²) >= 11 is 12.4. The number of amides is 2. The average Bonchev–Trinajstić information content (AvgIpc) is 3.18. The number of anilines is 2. The number of aliphatic hydroxyl groups is 1. The first kappa shape index (κ1) is 20.3. The standard InChI is InChI=1S/C24H14Cl2N2O4/c25-14-7-4-8-16(11-14)28-18-12-15(26)9-10-17(18)24(23(28)32)19(21(30)22(31)27-24)20(29)13-5-2-1-3-6-13/h1-12,29H,(H,27,31). The Hall–Kier alpha value is -3.61. The molecule has 3 aromatic carbocycles. The minimum atomic E-state index is -1.91. The normalized spacial score (nSPS) is 21.2. The van der Waals surface area contributed by atoms with Crippen LogP contribution in [0.25, 0.3) is 5.76 Å². The molecule has 6 nitrogen and oxygen atoms in total. The maximum atomic E-state index is 14.0. The number of fused-ring (bicyclic) bond motifs is 2. The van der Waals surface area contributed by atoms with Crippen molar-refractivity contribution in [2.75, 3.05) is 4.90 Å². The zero-order chi connectivity index (χ0) is 22.6. The van der Waals surface area contributed by atoms with Crippen molar-refractivity contribution in [3.05, 3.63) is 99.5 Å². The van der Waals surface area contributed by atoms with Crippen LogP contribution in [0.15, 0.2) is 78.4 Å². The summed E-state index contributed by atoms with van der Waals surface area (Å²) in [4.78, 5) is 40.8. The first-order chi connectivity index (χ1) is 15.3. The van der Waals surface area contributed by atoms with Gasteiger partial charge in [0.05, 0.1) is 16.9 Å². The molecule has 0 radical (unpaired) electrons. The molecule has 158 valence electrons. The van der Waals surface area contributed by atoms with Crippen LogP contribution in [0.3, 0.4) is 0 Å². The Morgan fingerprint density at radius 1 is 0.875 bits per heavy atom. The van der Waals surface area contributed by atoms with Crippen molar-refractivity contribution >= 4 is 57.9 Å². The van der Waals surface area contributed by atoms with Crippen LogP contribution in [0.4, 0.5) is 11.4 Å². The van der Waals surface area contributed by atoms with E-state index in [9.17, 15) is 19.5 Å². The third-order valence-corrected chi connectivity index (χ3v) is 6.06. The van der Waals surface area contributed by atoms with Gasteiger partial charge in [-0.15, -0.1) is 0 Å². The van der Waals surface area contributed by atoms with Gasteiger partial charge < -0.3 is 10.4 Å². The first-order valence-corrected chi connectivity index (χ1v) is 10.4. The zero-order valence-electron chi connectivity index (χ0n) is 16.3. The Labute approximate surface area is 192 Å². The fourth-order valence-electron chi connectivity index (χ4n) is 4.23. The number of hydrogen-bond donors (Lipinski definition) is 2. The van der Waals surface area contributed by atoms with Crippen molar-refractivity contribution < 1.29 is 19.5 Å². The fourth-order valence-corrected chi connectivity index (χ4v) is 4.58. The van der Waals surface area contributed by atoms with E-state index in [4.69, 9.17) is 23.2 Å². The molecule has 1 unspecified atom stereocenters. The molecular formula is C24H14Cl2N2O4. The number of carbonyl (C=O) groups is 3. The van der Waals surface area contributed by atoms with E-state index in [1.165, 1.54) is 4.90 Å². The van der Waals surface area contributed by atoms with E-state index < -0.39 is 28.9 Å². The second-order valence-electron chi connectivity index (χ2n) is 7.40. The van der Waals surface area contributed by atoms with Gasteiger partial charge in [-0.25, -0.2) is 0 Å². The van der Waals surface area contributed by atoms with Gasteiger partial charge in [-0.1, -0.05) is 65.7 Å². The number of nitrogens with zero attached hydrogens (tertiary/aromatic N) is 1. The number of halogens is 2. The van der Waals surface area contributed by atoms with Crippen LogP contribution in [0, 0.1) is 0 Å². The van der Waals surface area contributed by atoms with Crippen molar-refractivity contribution in [3.63, 3.8) is 0 Å². The number of hydrogen-bond acceptors (Lipinski definition) is 4. The van der Waals surface area contributed by atoms with Gasteiger partial charge in [-0.3, -0.25) is 19.3 Å². The fraction of sp³-hybridized carbons (Fsp3) is 0.0417. The Balaban J connectivity index is 1.83. The van der Waals surface area contributed by atoms with E-state index in [1.807, 2.05) is 0 Å². The summed E-state index contributed by atoms with van der Waals surface area (Å²) in [6.45, 7) is 0. The summed E-state index contributed by atoms with van der Waals surface area (Å²) < 4.78 is 0. The molecule has 2 aliphatic rings. The van der Waals surface area contributed by atoms with Crippen molar-refractivity contribution in [1.82, 2.24) is 5.32 Å². The summed E-state index contributed by atoms with van der Waals surface area (Å²) in [5.41, 5.74) is -0.809. The third-order valence-electron chi connectivity index (χ3n) is 5.59. The summed E-state index contributed by atoms with van der Waals surface area (Å²) in [5.74, 6) is -3.04. The van der Waals surface area contributed by atoms with E-state index in [1.54, 1.807) is 72.8 Å². The lowest BCUT2D eigenvalue weighted by Gasteiger charge is -2.25. The van der Waals surface area contributed by atoms with Crippen molar-refractivity contribution in [2.24, 2.45) is 0 Å². The highest BCUT2D eigenvalue weighted by atomic mass is 35.5. The van der Waals surface area contributed by atoms with Crippen LogP contribution in [0.1, 0.15) is 11.1 Å². The van der Waals surface area contributed by atoms with Crippen molar-refractivity contribution in [3.8, 4) is 0 Å². The SMILES string of the molecule is O=C1NC2(C(=O)N(c3cccc(Cl)c3)c3cc(Cl)ccc32)C(=C(O)c2ccccc2)C1=O. The second-order valence-corrected chi connectivity index (χ2v) is 8.28. The molecule has 1 fully saturated rings. The highest BCUT2D eigenvalue weighted by Gasteiger charge is 2.63. The van der Waals surface area contributed by atoms with E-state index in [0.29, 0.717) is 32.5 Å². The molecule has 32 heavy (non-hydrogen) atoms. The van der Waals surface area contributed by atoms with E-state index in [-0.39, 0.29) is 5.57 Å². The highest BCUT2D eigenvalue weighted by molar-refractivity contribution is 6.50. The van der Waals surface area contributed by atoms with Crippen LogP contribution in [-0.2, 0) is 19.9 Å². The average molecular weight is 465 g/mol. The summed E-state index contributed by atoms with van der Waals surface area (Å²) in [5, 5.41) is 14.4. The monoisotopic (exact) mass is 464 g/mol. The van der Waals surface area contributed by atoms with Gasteiger partial charge in [0.25, 0.3) is 17.6 Å². The lowest BCUT2D eigenvalue weighted by atomic mass is 9.83. The predicted molar refractivity (Wildman–Crippen MR) is 121 cm³/mol. The number of rotatable bonds is 2. The van der Waals surface area contributed by atoms with Gasteiger partial charge in [0.15, 0.2) is 5.54 Å². The quantitative estimate of drug-likeness (QED) is 0.331. The number of carbonyl (C=O) groups excluding carboxylic acids is 3. The lowest BCUT2D eigenvalue weighted by molar-refractivity contribution is -0.134. The van der Waals surface area contributed by atoms with Crippen LogP contribution in [0.2, 0.25) is 10.0 Å². The van der Waals surface area contributed by atoms with Crippen molar-refractivity contribution in [2.45, 2.75) is 5.54 Å². The first-order valence-electron chi connectivity index (χ1n) is 9.60. The molecule has 1 spiro atoms. The summed E-state index contributed by atoms with van der Waals surface area (Å²) in [7, 11) is 0. The molecule has 1 atom stereocenters. The Kier molecular flexibility index (Phi) is 4.58. The molecule has 2 aliphatic heterocycles. The van der Waals surface area contributed by atoms with Crippen LogP contribution >= 0.6 is 23.2 Å². The van der Waals surface area contributed by atoms with Crippen LogP contribution in [-0.4, -0.2) is 22.7 Å². The van der Waals surface area contributed by atoms with Gasteiger partial charge in [-0.05, 0) is 30.3 Å². The van der Waals surface area contributed by atoms with Gasteiger partial charge in [0.2, 0.25) is 0 Å². The number of aliphatic hydroxyl groups excluding tert-OH is 1. The molecule has 2 heterocycles. The minimum absolute atomic E-state index is 0.302. The van der Waals surface area contributed by atoms with Crippen LogP contribution < -0.4 is 10.2 Å². The summed E-state index contributed by atoms with van der Waals surface area (Å²) in [6.07, 6.45) is 0. The Bertz CT molecular complexity index is 1350. The van der Waals surface area contributed by atoms with Crippen LogP contribution in [0.5, 0.6) is 0 Å². The molecule has 8 heteroatoms. The predicted octanol–water partition coefficient (Wildman–Crippen LogP) is 4.54. The Morgan fingerprint density at radius 2 is 1.59 bits per heavy atom. The second kappa shape index (κ2) is 7.22. The number of Topliss-reactive ketones (excluding diaryl/α,β-unsaturated/α-hetero) is 1. The summed E-state index contributed by atoms with van der Waals surface area (Å²) in [6, 6.07) is 19.6. The van der Waals surface area contributed by atoms with Gasteiger partial charge in [0, 0.05) is 21.2 Å². The molecule has 2 amide bonds. The van der Waals surface area contributed by atoms with Gasteiger partial charge in [0.1, 0.15) is 5.76 Å². The number of ketones is 1. The maximum Gasteiger partial charge on any atom is 0.293 e. The van der Waals surface area contributed by atoms with Gasteiger partial charge >= 0.3 is 0 Å². The topological polar surface area (TPSA) is 86.7 Å². The molecule has 1 saturated heterocycles. The maximum absolute atomic E-state index is 14.0. The smallest absolute Gasteiger partial charge is 0.293 e. The zero-order valence-corrected chi connectivity index (χ0v) is 17.8. The molecule has 2 N–H and O–H groups in total. The Morgan fingerprint density at radius 3 is 2.31 bits per heavy atom. The van der Waals surface area contributed by atoms with E-state index >= 15 is 0 Å². The van der Waals surface area contributed by atoms with E-state index in [0.717, 1.165) is 0 Å². The molecule has 0 bridgehead atoms. The van der Waals surface area contributed by atoms with Crippen molar-refractivity contribution in [1.29, 1.82) is 0 Å². The lowest BCUT2D eigenvalue weighted by Crippen LogP contribution is -2.48. The molecule has 3 aromatic rings. The third kappa shape index (κ3) is 2.77. The molecule has 0 aromatic heterocycles.